The maximum absolute atomic E-state index is 11.0. The van der Waals surface area contributed by atoms with Crippen LogP contribution in [0.3, 0.4) is 0 Å². The van der Waals surface area contributed by atoms with E-state index in [1.54, 1.807) is 19.0 Å². The van der Waals surface area contributed by atoms with Crippen molar-refractivity contribution in [3.05, 3.63) is 0 Å². The van der Waals surface area contributed by atoms with Crippen LogP contribution < -0.4 is 5.32 Å². The fraction of sp³-hybridized carbons (Fsp3) is 0.875. The quantitative estimate of drug-likeness (QED) is 0.659. The van der Waals surface area contributed by atoms with E-state index in [4.69, 9.17) is 0 Å². The van der Waals surface area contributed by atoms with E-state index in [9.17, 15) is 4.79 Å². The third-order valence-corrected chi connectivity index (χ3v) is 1.70. The maximum Gasteiger partial charge on any atom is 0.316 e. The van der Waals surface area contributed by atoms with Crippen molar-refractivity contribution < 1.29 is 4.79 Å². The lowest BCUT2D eigenvalue weighted by molar-refractivity contribution is 0.215. The Labute approximate surface area is 68.8 Å². The summed E-state index contributed by atoms with van der Waals surface area (Å²) in [6.45, 7) is 5.01. The van der Waals surface area contributed by atoms with Crippen LogP contribution >= 0.6 is 0 Å². The first-order valence-electron chi connectivity index (χ1n) is 4.03. The molecule has 0 bridgehead atoms. The molecule has 0 rings (SSSR count). The highest BCUT2D eigenvalue weighted by molar-refractivity contribution is 5.73. The molecule has 0 fully saturated rings. The molecule has 2 amide bonds. The van der Waals surface area contributed by atoms with Gasteiger partial charge >= 0.3 is 6.03 Å². The van der Waals surface area contributed by atoms with Crippen LogP contribution in [0.25, 0.3) is 0 Å². The molecule has 0 spiro atoms. The van der Waals surface area contributed by atoms with Gasteiger partial charge in [-0.05, 0) is 5.92 Å². The Bertz CT molecular complexity index is 123. The van der Waals surface area contributed by atoms with Crippen molar-refractivity contribution in [1.82, 2.24) is 10.2 Å². The summed E-state index contributed by atoms with van der Waals surface area (Å²) in [7, 11) is 3.48. The molecule has 11 heavy (non-hydrogen) atoms. The van der Waals surface area contributed by atoms with Crippen molar-refractivity contribution in [2.24, 2.45) is 5.92 Å². The van der Waals surface area contributed by atoms with E-state index in [0.717, 1.165) is 13.0 Å². The number of hydrogen-bond donors (Lipinski definition) is 1. The number of urea groups is 1. The molecule has 0 aromatic carbocycles. The summed E-state index contributed by atoms with van der Waals surface area (Å²) in [6.07, 6.45) is 1.10. The molecule has 0 aromatic heterocycles. The first kappa shape index (κ1) is 10.3. The number of hydrogen-bond acceptors (Lipinski definition) is 1. The molecule has 0 saturated heterocycles. The minimum absolute atomic E-state index is 0.00898. The first-order chi connectivity index (χ1) is 5.07. The predicted molar refractivity (Wildman–Crippen MR) is 46.5 cm³/mol. The van der Waals surface area contributed by atoms with E-state index >= 15 is 0 Å². The highest BCUT2D eigenvalue weighted by Crippen LogP contribution is 1.97. The molecule has 0 radical (unpaired) electrons. The summed E-state index contributed by atoms with van der Waals surface area (Å²) in [5.41, 5.74) is 0. The van der Waals surface area contributed by atoms with Crippen molar-refractivity contribution in [2.45, 2.75) is 20.3 Å². The van der Waals surface area contributed by atoms with Gasteiger partial charge in [-0.1, -0.05) is 20.3 Å². The smallest absolute Gasteiger partial charge is 0.316 e. The van der Waals surface area contributed by atoms with Gasteiger partial charge in [-0.25, -0.2) is 4.79 Å². The van der Waals surface area contributed by atoms with Gasteiger partial charge in [-0.2, -0.15) is 0 Å². The van der Waals surface area contributed by atoms with E-state index in [1.165, 1.54) is 0 Å². The van der Waals surface area contributed by atoms with Crippen LogP contribution in [0.5, 0.6) is 0 Å². The maximum atomic E-state index is 11.0. The van der Waals surface area contributed by atoms with E-state index in [0.29, 0.717) is 5.92 Å². The van der Waals surface area contributed by atoms with Gasteiger partial charge in [0.1, 0.15) is 0 Å². The summed E-state index contributed by atoms with van der Waals surface area (Å²) in [5, 5.41) is 2.82. The molecule has 0 heterocycles. The lowest BCUT2D eigenvalue weighted by atomic mass is 10.1. The Balaban J connectivity index is 3.46. The van der Waals surface area contributed by atoms with Crippen LogP contribution in [0.4, 0.5) is 4.79 Å². The summed E-state index contributed by atoms with van der Waals surface area (Å²) in [5.74, 6) is 0.568. The van der Waals surface area contributed by atoms with Gasteiger partial charge in [-0.3, -0.25) is 0 Å². The van der Waals surface area contributed by atoms with Gasteiger partial charge in [-0.15, -0.1) is 0 Å². The number of nitrogens with one attached hydrogen (secondary N) is 1. The molecule has 0 aromatic rings. The molecule has 0 aliphatic carbocycles. The fourth-order valence-corrected chi connectivity index (χ4v) is 0.564. The molecule has 1 atom stereocenters. The predicted octanol–water partition coefficient (Wildman–Crippen LogP) is 1.30. The molecule has 1 unspecified atom stereocenters. The zero-order chi connectivity index (χ0) is 8.85. The summed E-state index contributed by atoms with van der Waals surface area (Å²) < 4.78 is 0. The first-order valence-corrected chi connectivity index (χ1v) is 4.03. The number of rotatable bonds is 3. The molecular formula is C8H18N2O. The average molecular weight is 158 g/mol. The Hall–Kier alpha value is -0.730. The molecule has 3 heteroatoms. The molecule has 66 valence electrons. The third kappa shape index (κ3) is 4.65. The Morgan fingerprint density at radius 1 is 1.55 bits per heavy atom. The third-order valence-electron chi connectivity index (χ3n) is 1.70. The number of carbonyl (C=O) groups is 1. The second kappa shape index (κ2) is 4.99. The van der Waals surface area contributed by atoms with Gasteiger partial charge in [0.15, 0.2) is 0 Å². The molecule has 1 N–H and O–H groups in total. The number of nitrogens with zero attached hydrogens (tertiary/aromatic N) is 1. The van der Waals surface area contributed by atoms with Crippen LogP contribution in [-0.4, -0.2) is 31.6 Å². The molecule has 3 nitrogen and oxygen atoms in total. The molecular weight excluding hydrogens is 140 g/mol. The van der Waals surface area contributed by atoms with Gasteiger partial charge in [0.05, 0.1) is 0 Å². The Morgan fingerprint density at radius 2 is 2.09 bits per heavy atom. The van der Waals surface area contributed by atoms with Gasteiger partial charge in [0.2, 0.25) is 0 Å². The minimum atomic E-state index is -0.00898. The normalized spacial score (nSPS) is 12.4. The van der Waals surface area contributed by atoms with E-state index in [1.807, 2.05) is 0 Å². The van der Waals surface area contributed by atoms with Crippen molar-refractivity contribution in [3.63, 3.8) is 0 Å². The van der Waals surface area contributed by atoms with Crippen LogP contribution in [0.1, 0.15) is 20.3 Å². The van der Waals surface area contributed by atoms with Gasteiger partial charge in [0.25, 0.3) is 0 Å². The van der Waals surface area contributed by atoms with Crippen LogP contribution in [0, 0.1) is 5.92 Å². The lowest BCUT2D eigenvalue weighted by Gasteiger charge is -2.14. The second-order valence-corrected chi connectivity index (χ2v) is 3.09. The van der Waals surface area contributed by atoms with Gasteiger partial charge in [0, 0.05) is 20.6 Å². The molecule has 0 aliphatic heterocycles. The zero-order valence-corrected chi connectivity index (χ0v) is 7.85. The average Bonchev–Trinajstić information content (AvgIpc) is 1.99. The SMILES string of the molecule is CCC(C)CNC(=O)N(C)C. The standard InChI is InChI=1S/C8H18N2O/c1-5-7(2)6-9-8(11)10(3)4/h7H,5-6H2,1-4H3,(H,9,11). The molecule has 0 aliphatic rings. The Morgan fingerprint density at radius 3 is 2.45 bits per heavy atom. The van der Waals surface area contributed by atoms with Crippen molar-refractivity contribution >= 4 is 6.03 Å². The minimum Gasteiger partial charge on any atom is -0.338 e. The topological polar surface area (TPSA) is 32.3 Å². The number of amides is 2. The zero-order valence-electron chi connectivity index (χ0n) is 7.85. The van der Waals surface area contributed by atoms with Crippen LogP contribution in [0.2, 0.25) is 0 Å². The lowest BCUT2D eigenvalue weighted by Crippen LogP contribution is -2.36. The summed E-state index contributed by atoms with van der Waals surface area (Å²) in [6, 6.07) is -0.00898. The summed E-state index contributed by atoms with van der Waals surface area (Å²) in [4.78, 5) is 12.5. The Kier molecular flexibility index (Phi) is 4.66. The summed E-state index contributed by atoms with van der Waals surface area (Å²) >= 11 is 0. The molecule has 0 saturated carbocycles. The van der Waals surface area contributed by atoms with Crippen LogP contribution in [0.15, 0.2) is 0 Å². The number of carbonyl (C=O) groups excluding carboxylic acids is 1. The van der Waals surface area contributed by atoms with Crippen molar-refractivity contribution in [2.75, 3.05) is 20.6 Å². The van der Waals surface area contributed by atoms with E-state index in [-0.39, 0.29) is 6.03 Å². The highest BCUT2D eigenvalue weighted by Gasteiger charge is 2.03. The van der Waals surface area contributed by atoms with Gasteiger partial charge < -0.3 is 10.2 Å². The van der Waals surface area contributed by atoms with E-state index < -0.39 is 0 Å². The van der Waals surface area contributed by atoms with Crippen molar-refractivity contribution in [1.29, 1.82) is 0 Å². The van der Waals surface area contributed by atoms with Crippen LogP contribution in [-0.2, 0) is 0 Å². The highest BCUT2D eigenvalue weighted by atomic mass is 16.2. The second-order valence-electron chi connectivity index (χ2n) is 3.09. The van der Waals surface area contributed by atoms with Crippen molar-refractivity contribution in [3.8, 4) is 0 Å². The monoisotopic (exact) mass is 158 g/mol. The fourth-order valence-electron chi connectivity index (χ4n) is 0.564. The van der Waals surface area contributed by atoms with E-state index in [2.05, 4.69) is 19.2 Å². The largest absolute Gasteiger partial charge is 0.338 e.